The molecule has 1 aromatic carbocycles. The van der Waals surface area contributed by atoms with Gasteiger partial charge >= 0.3 is 19.5 Å². The van der Waals surface area contributed by atoms with Crippen LogP contribution in [0.5, 0.6) is 0 Å². The Labute approximate surface area is 207 Å². The number of carboxylic acid groups (broad SMARTS) is 1. The van der Waals surface area contributed by atoms with Gasteiger partial charge in [-0.25, -0.2) is 4.79 Å². The highest BCUT2D eigenvalue weighted by Gasteiger charge is 2.40. The fraction of sp³-hybridized carbons (Fsp3) is 0.640. The Morgan fingerprint density at radius 3 is 2.40 bits per heavy atom. The number of benzene rings is 1. The van der Waals surface area contributed by atoms with Crippen LogP contribution in [0.4, 0.5) is 0 Å². The quantitative estimate of drug-likeness (QED) is 0.166. The number of aliphatic carboxylic acids is 1. The predicted octanol–water partition coefficient (Wildman–Crippen LogP) is 4.64. The summed E-state index contributed by atoms with van der Waals surface area (Å²) < 4.78 is 30.7. The molecule has 1 amide bonds. The Balaban J connectivity index is 2.12. The molecule has 1 aliphatic heterocycles. The molecule has 0 bridgehead atoms. The predicted molar refractivity (Wildman–Crippen MR) is 131 cm³/mol. The molecule has 2 rings (SSSR count). The molecule has 35 heavy (non-hydrogen) atoms. The van der Waals surface area contributed by atoms with E-state index in [4.69, 9.17) is 13.8 Å². The maximum Gasteiger partial charge on any atom is 0.334 e. The zero-order valence-corrected chi connectivity index (χ0v) is 21.9. The zero-order chi connectivity index (χ0) is 26.0. The van der Waals surface area contributed by atoms with Crippen LogP contribution in [-0.2, 0) is 39.2 Å². The van der Waals surface area contributed by atoms with E-state index < -0.39 is 43.9 Å². The average Bonchev–Trinajstić information content (AvgIpc) is 3.32. The second-order valence-electron chi connectivity index (χ2n) is 9.11. The summed E-state index contributed by atoms with van der Waals surface area (Å²) in [6.45, 7) is 6.93. The van der Waals surface area contributed by atoms with Crippen LogP contribution in [-0.4, -0.2) is 59.0 Å². The molecule has 1 fully saturated rings. The molecule has 4 atom stereocenters. The Hall–Kier alpha value is -2.22. The minimum Gasteiger partial charge on any atom is -0.480 e. The summed E-state index contributed by atoms with van der Waals surface area (Å²) in [5, 5.41) is 9.41. The molecule has 1 heterocycles. The van der Waals surface area contributed by atoms with Gasteiger partial charge in [0, 0.05) is 18.9 Å². The number of nitrogens with zero attached hydrogens (tertiary/aromatic N) is 1. The van der Waals surface area contributed by atoms with Crippen LogP contribution in [0.1, 0.15) is 65.4 Å². The summed E-state index contributed by atoms with van der Waals surface area (Å²) in [4.78, 5) is 37.6. The number of unbranched alkanes of at least 4 members (excludes halogenated alkanes) is 1. The van der Waals surface area contributed by atoms with Gasteiger partial charge in [-0.1, -0.05) is 51.1 Å². The first-order chi connectivity index (χ1) is 16.6. The molecule has 196 valence electrons. The van der Waals surface area contributed by atoms with Crippen molar-refractivity contribution >= 4 is 25.4 Å². The second kappa shape index (κ2) is 13.8. The smallest absolute Gasteiger partial charge is 0.334 e. The molecular weight excluding hydrogens is 473 g/mol. The average molecular weight is 512 g/mol. The van der Waals surface area contributed by atoms with Crippen LogP contribution >= 0.6 is 7.60 Å². The largest absolute Gasteiger partial charge is 0.480 e. The van der Waals surface area contributed by atoms with Crippen LogP contribution < -0.4 is 0 Å². The first-order valence-electron chi connectivity index (χ1n) is 12.3. The normalized spacial score (nSPS) is 19.2. The van der Waals surface area contributed by atoms with E-state index in [9.17, 15) is 24.1 Å². The van der Waals surface area contributed by atoms with Gasteiger partial charge in [-0.05, 0) is 44.6 Å². The molecule has 1 aromatic rings. The number of carbonyl (C=O) groups is 3. The first-order valence-corrected chi connectivity index (χ1v) is 14.0. The van der Waals surface area contributed by atoms with E-state index in [-0.39, 0.29) is 18.5 Å². The van der Waals surface area contributed by atoms with Gasteiger partial charge in [-0.15, -0.1) is 0 Å². The maximum atomic E-state index is 13.8. The van der Waals surface area contributed by atoms with Gasteiger partial charge in [0.1, 0.15) is 12.1 Å². The lowest BCUT2D eigenvalue weighted by Gasteiger charge is -2.30. The van der Waals surface area contributed by atoms with Crippen molar-refractivity contribution < 1.29 is 37.8 Å². The lowest BCUT2D eigenvalue weighted by molar-refractivity contribution is -0.171. The molecular formula is C25H38NO8P. The van der Waals surface area contributed by atoms with Crippen LogP contribution in [0, 0.1) is 5.92 Å². The van der Waals surface area contributed by atoms with Gasteiger partial charge in [-0.2, -0.15) is 0 Å². The molecule has 10 heteroatoms. The third kappa shape index (κ3) is 9.06. The highest BCUT2D eigenvalue weighted by molar-refractivity contribution is 7.53. The van der Waals surface area contributed by atoms with E-state index in [0.29, 0.717) is 25.8 Å². The number of amides is 1. The van der Waals surface area contributed by atoms with Crippen molar-refractivity contribution in [2.24, 2.45) is 5.92 Å². The summed E-state index contributed by atoms with van der Waals surface area (Å²) in [5.74, 6) is -2.41. The van der Waals surface area contributed by atoms with E-state index in [1.807, 2.05) is 30.3 Å². The van der Waals surface area contributed by atoms with Gasteiger partial charge < -0.3 is 14.7 Å². The zero-order valence-electron chi connectivity index (χ0n) is 21.1. The molecule has 1 aliphatic rings. The molecule has 0 radical (unpaired) electrons. The SMILES string of the molecule is CCC(=O)OC(OP(=O)(CCCCc1ccccc1)OC(C)C(=O)N1CCC[C@H]1C(=O)O)C(C)C. The van der Waals surface area contributed by atoms with Crippen molar-refractivity contribution in [1.29, 1.82) is 0 Å². The lowest BCUT2D eigenvalue weighted by atomic mass is 10.1. The van der Waals surface area contributed by atoms with E-state index in [2.05, 4.69) is 0 Å². The molecule has 1 N–H and O–H groups in total. The second-order valence-corrected chi connectivity index (χ2v) is 11.2. The maximum absolute atomic E-state index is 13.8. The summed E-state index contributed by atoms with van der Waals surface area (Å²) >= 11 is 0. The summed E-state index contributed by atoms with van der Waals surface area (Å²) in [6, 6.07) is 8.96. The van der Waals surface area contributed by atoms with Crippen molar-refractivity contribution in [3.05, 3.63) is 35.9 Å². The van der Waals surface area contributed by atoms with Crippen LogP contribution in [0.2, 0.25) is 0 Å². The van der Waals surface area contributed by atoms with E-state index in [0.717, 1.165) is 18.4 Å². The molecule has 9 nitrogen and oxygen atoms in total. The van der Waals surface area contributed by atoms with Crippen LogP contribution in [0.15, 0.2) is 30.3 Å². The molecule has 3 unspecified atom stereocenters. The lowest BCUT2D eigenvalue weighted by Crippen LogP contribution is -2.45. The Morgan fingerprint density at radius 1 is 1.11 bits per heavy atom. The minimum absolute atomic E-state index is 0.0344. The molecule has 0 aromatic heterocycles. The fourth-order valence-corrected chi connectivity index (χ4v) is 5.91. The van der Waals surface area contributed by atoms with Gasteiger partial charge in [-0.3, -0.25) is 23.2 Å². The summed E-state index contributed by atoms with van der Waals surface area (Å²) in [7, 11) is -3.88. The van der Waals surface area contributed by atoms with E-state index in [1.54, 1.807) is 20.8 Å². The number of likely N-dealkylation sites (tertiary alicyclic amines) is 1. The number of carboxylic acids is 1. The topological polar surface area (TPSA) is 119 Å². The van der Waals surface area contributed by atoms with E-state index >= 15 is 0 Å². The molecule has 1 saturated heterocycles. The molecule has 0 aliphatic carbocycles. The van der Waals surface area contributed by atoms with Crippen LogP contribution in [0.3, 0.4) is 0 Å². The Kier molecular flexibility index (Phi) is 11.4. The van der Waals surface area contributed by atoms with Crippen molar-refractivity contribution in [2.45, 2.75) is 84.7 Å². The van der Waals surface area contributed by atoms with Gasteiger partial charge in [0.05, 0.1) is 6.16 Å². The van der Waals surface area contributed by atoms with E-state index in [1.165, 1.54) is 11.8 Å². The third-order valence-corrected chi connectivity index (χ3v) is 7.85. The highest BCUT2D eigenvalue weighted by Crippen LogP contribution is 2.52. The summed E-state index contributed by atoms with van der Waals surface area (Å²) in [6.07, 6.45) is 0.838. The van der Waals surface area contributed by atoms with Gasteiger partial charge in [0.2, 0.25) is 6.29 Å². The number of aryl methyl sites for hydroxylation is 1. The number of rotatable bonds is 14. The van der Waals surface area contributed by atoms with Crippen molar-refractivity contribution in [3.8, 4) is 0 Å². The number of carbonyl (C=O) groups excluding carboxylic acids is 2. The third-order valence-electron chi connectivity index (χ3n) is 5.82. The van der Waals surface area contributed by atoms with Crippen LogP contribution in [0.25, 0.3) is 0 Å². The van der Waals surface area contributed by atoms with Gasteiger partial charge in [0.25, 0.3) is 5.91 Å². The van der Waals surface area contributed by atoms with Crippen molar-refractivity contribution in [2.75, 3.05) is 12.7 Å². The molecule has 0 spiro atoms. The number of hydrogen-bond acceptors (Lipinski definition) is 7. The van der Waals surface area contributed by atoms with Gasteiger partial charge in [0.15, 0.2) is 0 Å². The van der Waals surface area contributed by atoms with Crippen molar-refractivity contribution in [1.82, 2.24) is 4.90 Å². The minimum atomic E-state index is -3.88. The fourth-order valence-electron chi connectivity index (χ4n) is 3.87. The summed E-state index contributed by atoms with van der Waals surface area (Å²) in [5.41, 5.74) is 1.15. The number of esters is 1. The standard InChI is InChI=1S/C25H38NO8P/c1-5-22(27)32-25(18(2)3)34-35(31,17-10-9-14-20-12-7-6-8-13-20)33-19(4)23(28)26-16-11-15-21(26)24(29)30/h6-8,12-13,18-19,21,25H,5,9-11,14-17H2,1-4H3,(H,29,30)/t19?,21-,25?,35?/m0/s1. The Morgan fingerprint density at radius 2 is 1.80 bits per heavy atom. The molecule has 0 saturated carbocycles. The number of ether oxygens (including phenoxy) is 1. The first kappa shape index (κ1) is 29.0. The monoisotopic (exact) mass is 511 g/mol. The van der Waals surface area contributed by atoms with Crippen molar-refractivity contribution in [3.63, 3.8) is 0 Å². The Bertz CT molecular complexity index is 891. The number of hydrogen-bond donors (Lipinski definition) is 1. The highest BCUT2D eigenvalue weighted by atomic mass is 31.2.